The van der Waals surface area contributed by atoms with Crippen LogP contribution in [0.4, 0.5) is 0 Å². The topological polar surface area (TPSA) is 85.1 Å². The summed E-state index contributed by atoms with van der Waals surface area (Å²) in [6, 6.07) is 7.83. The first-order chi connectivity index (χ1) is 12.9. The highest BCUT2D eigenvalue weighted by Crippen LogP contribution is 2.44. The second kappa shape index (κ2) is 8.21. The van der Waals surface area contributed by atoms with E-state index in [2.05, 4.69) is 10.3 Å². The Morgan fingerprint density at radius 1 is 1.26 bits per heavy atom. The van der Waals surface area contributed by atoms with E-state index in [1.54, 1.807) is 24.5 Å². The summed E-state index contributed by atoms with van der Waals surface area (Å²) in [6.07, 6.45) is 7.79. The summed E-state index contributed by atoms with van der Waals surface area (Å²) < 4.78 is 0. The highest BCUT2D eigenvalue weighted by atomic mass is 32.1. The molecule has 0 saturated heterocycles. The van der Waals surface area contributed by atoms with Crippen molar-refractivity contribution in [1.29, 1.82) is 0 Å². The van der Waals surface area contributed by atoms with Crippen LogP contribution in [0.2, 0.25) is 0 Å². The van der Waals surface area contributed by atoms with Crippen molar-refractivity contribution >= 4 is 23.2 Å². The summed E-state index contributed by atoms with van der Waals surface area (Å²) in [4.78, 5) is 29.6. The molecule has 1 aliphatic carbocycles. The number of nitrogens with zero attached hydrogens (tertiary/aromatic N) is 1. The molecule has 0 spiro atoms. The summed E-state index contributed by atoms with van der Waals surface area (Å²) in [5, 5.41) is 6.82. The smallest absolute Gasteiger partial charge is 0.242 e. The molecular formula is C21H27N3O2S. The summed E-state index contributed by atoms with van der Waals surface area (Å²) in [7, 11) is 0. The highest BCUT2D eigenvalue weighted by Gasteiger charge is 2.45. The number of hydrogen-bond donors (Lipinski definition) is 2. The van der Waals surface area contributed by atoms with Gasteiger partial charge in [0.1, 0.15) is 5.54 Å². The van der Waals surface area contributed by atoms with Crippen LogP contribution in [0, 0.1) is 0 Å². The van der Waals surface area contributed by atoms with Crippen LogP contribution in [0.1, 0.15) is 56.7 Å². The molecule has 1 atom stereocenters. The Morgan fingerprint density at radius 2 is 2.04 bits per heavy atom. The molecule has 1 aliphatic rings. The molecule has 6 heteroatoms. The van der Waals surface area contributed by atoms with E-state index in [0.717, 1.165) is 36.9 Å². The standard InChI is InChI=1S/C21H27N3O2S/c1-20(19(22)26,24-18(25)13-16-8-12-27-14-16)15-21(9-4-2-5-10-21)17-7-3-6-11-23-17/h3,6-8,11-12,14H,2,4-5,9-10,13,15H2,1H3,(H2,22,26)(H,24,25). The third-order valence-electron chi connectivity index (χ3n) is 5.61. The molecule has 5 nitrogen and oxygen atoms in total. The van der Waals surface area contributed by atoms with Gasteiger partial charge in [-0.15, -0.1) is 0 Å². The second-order valence-electron chi connectivity index (χ2n) is 7.79. The Morgan fingerprint density at radius 3 is 2.63 bits per heavy atom. The van der Waals surface area contributed by atoms with Crippen molar-refractivity contribution in [2.45, 2.75) is 62.8 Å². The van der Waals surface area contributed by atoms with Crippen LogP contribution in [0.3, 0.4) is 0 Å². The Bertz CT molecular complexity index is 770. The zero-order chi connectivity index (χ0) is 19.3. The maximum atomic E-state index is 12.6. The molecule has 0 bridgehead atoms. The third kappa shape index (κ3) is 4.56. The predicted octanol–water partition coefficient (Wildman–Crippen LogP) is 3.34. The molecule has 3 rings (SSSR count). The molecule has 2 aromatic heterocycles. The van der Waals surface area contributed by atoms with E-state index >= 15 is 0 Å². The number of thiophene rings is 1. The fourth-order valence-corrected chi connectivity index (χ4v) is 4.90. The Labute approximate surface area is 164 Å². The molecule has 144 valence electrons. The van der Waals surface area contributed by atoms with Gasteiger partial charge in [-0.1, -0.05) is 25.3 Å². The van der Waals surface area contributed by atoms with Crippen LogP contribution in [-0.2, 0) is 21.4 Å². The van der Waals surface area contributed by atoms with Gasteiger partial charge in [-0.05, 0) is 60.7 Å². The fourth-order valence-electron chi connectivity index (χ4n) is 4.23. The van der Waals surface area contributed by atoms with Crippen molar-refractivity contribution in [3.8, 4) is 0 Å². The van der Waals surface area contributed by atoms with Crippen LogP contribution in [0.15, 0.2) is 41.2 Å². The molecule has 2 aromatic rings. The predicted molar refractivity (Wildman–Crippen MR) is 107 cm³/mol. The van der Waals surface area contributed by atoms with Gasteiger partial charge >= 0.3 is 0 Å². The zero-order valence-corrected chi connectivity index (χ0v) is 16.6. The molecule has 27 heavy (non-hydrogen) atoms. The Kier molecular flexibility index (Phi) is 5.95. The molecular weight excluding hydrogens is 358 g/mol. The fraction of sp³-hybridized carbons (Fsp3) is 0.476. The number of nitrogens with two attached hydrogens (primary N) is 1. The minimum atomic E-state index is -1.11. The van der Waals surface area contributed by atoms with Crippen LogP contribution in [-0.4, -0.2) is 22.3 Å². The number of amides is 2. The summed E-state index contributed by atoms with van der Waals surface area (Å²) in [5.41, 5.74) is 6.36. The maximum Gasteiger partial charge on any atom is 0.242 e. The second-order valence-corrected chi connectivity index (χ2v) is 8.57. The first kappa shape index (κ1) is 19.5. The van der Waals surface area contributed by atoms with Crippen LogP contribution in [0.5, 0.6) is 0 Å². The van der Waals surface area contributed by atoms with Gasteiger partial charge in [0.15, 0.2) is 0 Å². The van der Waals surface area contributed by atoms with E-state index in [4.69, 9.17) is 5.73 Å². The van der Waals surface area contributed by atoms with Gasteiger partial charge in [-0.25, -0.2) is 0 Å². The number of nitrogens with one attached hydrogen (secondary N) is 1. The molecule has 0 aliphatic heterocycles. The Balaban J connectivity index is 1.83. The molecule has 1 saturated carbocycles. The lowest BCUT2D eigenvalue weighted by atomic mass is 9.65. The minimum Gasteiger partial charge on any atom is -0.368 e. The van der Waals surface area contributed by atoms with Gasteiger partial charge in [0.2, 0.25) is 11.8 Å². The number of carbonyl (C=O) groups is 2. The molecule has 3 N–H and O–H groups in total. The number of rotatable bonds is 7. The maximum absolute atomic E-state index is 12.6. The first-order valence-electron chi connectivity index (χ1n) is 9.47. The normalized spacial score (nSPS) is 18.4. The van der Waals surface area contributed by atoms with Crippen LogP contribution < -0.4 is 11.1 Å². The molecule has 1 fully saturated rings. The Hall–Kier alpha value is -2.21. The minimum absolute atomic E-state index is 0.179. The van der Waals surface area contributed by atoms with Gasteiger partial charge in [-0.3, -0.25) is 14.6 Å². The van der Waals surface area contributed by atoms with Gasteiger partial charge in [0, 0.05) is 17.3 Å². The van der Waals surface area contributed by atoms with Gasteiger partial charge in [0.25, 0.3) is 0 Å². The van der Waals surface area contributed by atoms with Gasteiger partial charge < -0.3 is 11.1 Å². The van der Waals surface area contributed by atoms with Crippen molar-refractivity contribution in [2.24, 2.45) is 5.73 Å². The molecule has 0 aromatic carbocycles. The number of primary amides is 1. The SMILES string of the molecule is CC(CC1(c2ccccn2)CCCCC1)(NC(=O)Cc1ccsc1)C(N)=O. The average molecular weight is 386 g/mol. The van der Waals surface area contributed by atoms with Gasteiger partial charge in [0.05, 0.1) is 6.42 Å². The number of aromatic nitrogens is 1. The number of pyridine rings is 1. The molecule has 2 heterocycles. The molecule has 1 unspecified atom stereocenters. The van der Waals surface area contributed by atoms with E-state index in [1.165, 1.54) is 6.42 Å². The molecule has 0 radical (unpaired) electrons. The van der Waals surface area contributed by atoms with E-state index in [-0.39, 0.29) is 17.7 Å². The monoisotopic (exact) mass is 385 g/mol. The van der Waals surface area contributed by atoms with Crippen molar-refractivity contribution in [2.75, 3.05) is 0 Å². The van der Waals surface area contributed by atoms with Crippen molar-refractivity contribution in [3.05, 3.63) is 52.5 Å². The van der Waals surface area contributed by atoms with Crippen molar-refractivity contribution < 1.29 is 9.59 Å². The van der Waals surface area contributed by atoms with E-state index in [9.17, 15) is 9.59 Å². The number of carbonyl (C=O) groups excluding carboxylic acids is 2. The largest absolute Gasteiger partial charge is 0.368 e. The molecule has 2 amide bonds. The van der Waals surface area contributed by atoms with Crippen LogP contribution in [0.25, 0.3) is 0 Å². The van der Waals surface area contributed by atoms with E-state index in [1.807, 2.05) is 35.0 Å². The van der Waals surface area contributed by atoms with E-state index < -0.39 is 11.4 Å². The summed E-state index contributed by atoms with van der Waals surface area (Å²) in [6.45, 7) is 1.75. The lowest BCUT2D eigenvalue weighted by Gasteiger charge is -2.42. The van der Waals surface area contributed by atoms with Crippen LogP contribution >= 0.6 is 11.3 Å². The highest BCUT2D eigenvalue weighted by molar-refractivity contribution is 7.08. The third-order valence-corrected chi connectivity index (χ3v) is 6.35. The number of hydrogen-bond acceptors (Lipinski definition) is 4. The van der Waals surface area contributed by atoms with E-state index in [0.29, 0.717) is 6.42 Å². The lowest BCUT2D eigenvalue weighted by molar-refractivity contribution is -0.131. The summed E-state index contributed by atoms with van der Waals surface area (Å²) >= 11 is 1.55. The lowest BCUT2D eigenvalue weighted by Crippen LogP contribution is -2.59. The van der Waals surface area contributed by atoms with Crippen molar-refractivity contribution in [3.63, 3.8) is 0 Å². The zero-order valence-electron chi connectivity index (χ0n) is 15.7. The van der Waals surface area contributed by atoms with Gasteiger partial charge in [-0.2, -0.15) is 11.3 Å². The quantitative estimate of drug-likeness (QED) is 0.766. The van der Waals surface area contributed by atoms with Crippen molar-refractivity contribution in [1.82, 2.24) is 10.3 Å². The average Bonchev–Trinajstić information content (AvgIpc) is 3.15. The summed E-state index contributed by atoms with van der Waals surface area (Å²) in [5.74, 6) is -0.677. The first-order valence-corrected chi connectivity index (χ1v) is 10.4.